The molecule has 0 unspecified atom stereocenters. The van der Waals surface area contributed by atoms with Crippen molar-refractivity contribution in [2.75, 3.05) is 40.9 Å². The first kappa shape index (κ1) is 25.2. The van der Waals surface area contributed by atoms with Gasteiger partial charge in [-0.2, -0.15) is 0 Å². The third-order valence-electron chi connectivity index (χ3n) is 5.39. The summed E-state index contributed by atoms with van der Waals surface area (Å²) in [5, 5.41) is 7.00. The van der Waals surface area contributed by atoms with E-state index in [1.54, 1.807) is 7.11 Å². The van der Waals surface area contributed by atoms with E-state index >= 15 is 0 Å². The lowest BCUT2D eigenvalue weighted by molar-refractivity contribution is 0.138. The number of rotatable bonds is 10. The summed E-state index contributed by atoms with van der Waals surface area (Å²) in [7, 11) is 5.99. The molecule has 0 aromatic heterocycles. The van der Waals surface area contributed by atoms with Gasteiger partial charge in [0.15, 0.2) is 5.96 Å². The van der Waals surface area contributed by atoms with E-state index < -0.39 is 0 Å². The van der Waals surface area contributed by atoms with Crippen LogP contribution in [0.3, 0.4) is 0 Å². The Kier molecular flexibility index (Phi) is 12.0. The van der Waals surface area contributed by atoms with E-state index in [0.29, 0.717) is 12.0 Å². The van der Waals surface area contributed by atoms with Crippen LogP contribution in [0.5, 0.6) is 0 Å². The Morgan fingerprint density at radius 2 is 1.89 bits per heavy atom. The molecule has 0 atom stereocenters. The lowest BCUT2D eigenvalue weighted by Crippen LogP contribution is -2.43. The van der Waals surface area contributed by atoms with Crippen molar-refractivity contribution in [3.05, 3.63) is 35.4 Å². The number of ether oxygens (including phenoxy) is 1. The molecule has 1 aliphatic rings. The lowest BCUT2D eigenvalue weighted by atomic mass is 9.83. The molecule has 6 heteroatoms. The molecule has 1 fully saturated rings. The molecular weight excluding hydrogens is 463 g/mol. The van der Waals surface area contributed by atoms with E-state index in [0.717, 1.165) is 38.6 Å². The van der Waals surface area contributed by atoms with Crippen LogP contribution in [0.1, 0.15) is 50.2 Å². The Morgan fingerprint density at radius 1 is 1.18 bits per heavy atom. The predicted molar refractivity (Wildman–Crippen MR) is 129 cm³/mol. The molecule has 0 bridgehead atoms. The van der Waals surface area contributed by atoms with E-state index in [9.17, 15) is 0 Å². The van der Waals surface area contributed by atoms with Crippen LogP contribution in [0.4, 0.5) is 0 Å². The summed E-state index contributed by atoms with van der Waals surface area (Å²) in [5.74, 6) is 0.916. The summed E-state index contributed by atoms with van der Waals surface area (Å²) in [6.45, 7) is 6.46. The largest absolute Gasteiger partial charge is 0.385 e. The molecule has 5 nitrogen and oxygen atoms in total. The lowest BCUT2D eigenvalue weighted by Gasteiger charge is -2.30. The van der Waals surface area contributed by atoms with Crippen molar-refractivity contribution in [2.45, 2.75) is 52.1 Å². The maximum absolute atomic E-state index is 5.35. The highest BCUT2D eigenvalue weighted by Gasteiger charge is 2.33. The summed E-state index contributed by atoms with van der Waals surface area (Å²) in [5.41, 5.74) is 2.94. The van der Waals surface area contributed by atoms with Gasteiger partial charge in [0.2, 0.25) is 0 Å². The predicted octanol–water partition coefficient (Wildman–Crippen LogP) is 4.02. The highest BCUT2D eigenvalue weighted by atomic mass is 127. The maximum atomic E-state index is 5.35. The normalized spacial score (nSPS) is 16.1. The van der Waals surface area contributed by atoms with E-state index in [4.69, 9.17) is 9.73 Å². The van der Waals surface area contributed by atoms with E-state index in [1.165, 1.54) is 36.8 Å². The standard InChI is InChI=1S/C22H38N4O.HI/c1-5-23-21(25-18-22(13-14-27-4)11-6-7-12-22)24-16-19-9-8-10-20(15-19)17-26(2)3;/h8-10,15H,5-7,11-14,16-18H2,1-4H3,(H2,23,24,25);1H. The van der Waals surface area contributed by atoms with Gasteiger partial charge in [0.25, 0.3) is 0 Å². The Labute approximate surface area is 188 Å². The van der Waals surface area contributed by atoms with Crippen LogP contribution in [0.25, 0.3) is 0 Å². The number of nitrogens with zero attached hydrogens (tertiary/aromatic N) is 2. The molecule has 0 radical (unpaired) electrons. The van der Waals surface area contributed by atoms with Crippen LogP contribution in [0.15, 0.2) is 29.3 Å². The highest BCUT2D eigenvalue weighted by molar-refractivity contribution is 14.0. The molecule has 0 heterocycles. The second kappa shape index (κ2) is 13.4. The zero-order valence-electron chi connectivity index (χ0n) is 18.1. The van der Waals surface area contributed by atoms with Crippen LogP contribution >= 0.6 is 24.0 Å². The van der Waals surface area contributed by atoms with Gasteiger partial charge in [-0.05, 0) is 56.8 Å². The number of nitrogens with one attached hydrogen (secondary N) is 2. The first-order valence-electron chi connectivity index (χ1n) is 10.3. The zero-order valence-corrected chi connectivity index (χ0v) is 20.4. The van der Waals surface area contributed by atoms with Gasteiger partial charge < -0.3 is 20.3 Å². The van der Waals surface area contributed by atoms with E-state index in [2.05, 4.69) is 60.8 Å². The molecule has 2 N–H and O–H groups in total. The topological polar surface area (TPSA) is 48.9 Å². The summed E-state index contributed by atoms with van der Waals surface area (Å²) in [6.07, 6.45) is 6.36. The number of guanidine groups is 1. The average molecular weight is 502 g/mol. The molecule has 1 aliphatic carbocycles. The first-order chi connectivity index (χ1) is 13.1. The van der Waals surface area contributed by atoms with Gasteiger partial charge in [0.1, 0.15) is 0 Å². The fourth-order valence-corrected chi connectivity index (χ4v) is 3.93. The fourth-order valence-electron chi connectivity index (χ4n) is 3.93. The van der Waals surface area contributed by atoms with Gasteiger partial charge >= 0.3 is 0 Å². The molecule has 28 heavy (non-hydrogen) atoms. The maximum Gasteiger partial charge on any atom is 0.191 e. The third-order valence-corrected chi connectivity index (χ3v) is 5.39. The van der Waals surface area contributed by atoms with E-state index in [-0.39, 0.29) is 24.0 Å². The van der Waals surface area contributed by atoms with Crippen molar-refractivity contribution in [1.82, 2.24) is 15.5 Å². The molecule has 1 saturated carbocycles. The Balaban J connectivity index is 0.00000392. The average Bonchev–Trinajstić information content (AvgIpc) is 3.11. The zero-order chi connectivity index (χ0) is 19.5. The van der Waals surface area contributed by atoms with E-state index in [1.807, 2.05) is 0 Å². The third kappa shape index (κ3) is 8.66. The molecule has 1 aromatic rings. The Hall–Kier alpha value is -0.860. The number of hydrogen-bond acceptors (Lipinski definition) is 3. The summed E-state index contributed by atoms with van der Waals surface area (Å²) in [4.78, 5) is 7.02. The van der Waals surface area contributed by atoms with Crippen LogP contribution in [0.2, 0.25) is 0 Å². The van der Waals surface area contributed by atoms with Gasteiger partial charge in [0.05, 0.1) is 6.54 Å². The van der Waals surface area contributed by atoms with Crippen molar-refractivity contribution in [1.29, 1.82) is 0 Å². The number of hydrogen-bond donors (Lipinski definition) is 2. The molecule has 1 aromatic carbocycles. The van der Waals surface area contributed by atoms with Gasteiger partial charge in [-0.3, -0.25) is 0 Å². The van der Waals surface area contributed by atoms with Gasteiger partial charge in [-0.25, -0.2) is 4.99 Å². The number of benzene rings is 1. The second-order valence-electron chi connectivity index (χ2n) is 8.06. The summed E-state index contributed by atoms with van der Waals surface area (Å²) >= 11 is 0. The second-order valence-corrected chi connectivity index (χ2v) is 8.06. The van der Waals surface area contributed by atoms with Crippen LogP contribution < -0.4 is 10.6 Å². The molecule has 2 rings (SSSR count). The minimum Gasteiger partial charge on any atom is -0.385 e. The summed E-state index contributed by atoms with van der Waals surface area (Å²) < 4.78 is 5.35. The molecule has 0 aliphatic heterocycles. The smallest absolute Gasteiger partial charge is 0.191 e. The van der Waals surface area contributed by atoms with Gasteiger partial charge in [-0.15, -0.1) is 24.0 Å². The van der Waals surface area contributed by atoms with Crippen LogP contribution in [-0.2, 0) is 17.8 Å². The first-order valence-corrected chi connectivity index (χ1v) is 10.3. The number of halogens is 1. The fraction of sp³-hybridized carbons (Fsp3) is 0.682. The Morgan fingerprint density at radius 3 is 2.54 bits per heavy atom. The quantitative estimate of drug-likeness (QED) is 0.288. The molecule has 0 spiro atoms. The molecule has 0 amide bonds. The van der Waals surface area contributed by atoms with Crippen molar-refractivity contribution in [3.63, 3.8) is 0 Å². The van der Waals surface area contributed by atoms with Gasteiger partial charge in [0, 0.05) is 33.4 Å². The molecular formula is C22H39IN4O. The molecule has 0 saturated heterocycles. The van der Waals surface area contributed by atoms with Crippen LogP contribution in [-0.4, -0.2) is 51.8 Å². The van der Waals surface area contributed by atoms with Crippen molar-refractivity contribution < 1.29 is 4.74 Å². The van der Waals surface area contributed by atoms with Crippen LogP contribution in [0, 0.1) is 5.41 Å². The van der Waals surface area contributed by atoms with Crippen molar-refractivity contribution >= 4 is 29.9 Å². The minimum atomic E-state index is 0. The number of methoxy groups -OCH3 is 1. The van der Waals surface area contributed by atoms with Crippen molar-refractivity contribution in [3.8, 4) is 0 Å². The molecule has 160 valence electrons. The van der Waals surface area contributed by atoms with Crippen molar-refractivity contribution in [2.24, 2.45) is 10.4 Å². The minimum absolute atomic E-state index is 0. The Bertz CT molecular complexity index is 586. The monoisotopic (exact) mass is 502 g/mol. The number of aliphatic imine (C=N–C) groups is 1. The SMILES string of the molecule is CCNC(=NCc1cccc(CN(C)C)c1)NCC1(CCOC)CCCC1.I. The van der Waals surface area contributed by atoms with Gasteiger partial charge in [-0.1, -0.05) is 37.1 Å². The highest BCUT2D eigenvalue weighted by Crippen LogP contribution is 2.40. The summed E-state index contributed by atoms with van der Waals surface area (Å²) in [6, 6.07) is 8.71.